The molecular weight excluding hydrogens is 302 g/mol. The van der Waals surface area contributed by atoms with E-state index < -0.39 is 5.97 Å². The van der Waals surface area contributed by atoms with Gasteiger partial charge in [0, 0.05) is 28.0 Å². The maximum Gasteiger partial charge on any atom is 0.357 e. The first-order valence-electron chi connectivity index (χ1n) is 6.21. The summed E-state index contributed by atoms with van der Waals surface area (Å²) in [5.74, 6) is -0.877. The zero-order valence-electron chi connectivity index (χ0n) is 11.4. The molecule has 0 amide bonds. The summed E-state index contributed by atoms with van der Waals surface area (Å²) in [7, 11) is 1.26. The van der Waals surface area contributed by atoms with E-state index in [0.717, 1.165) is 16.9 Å². The van der Waals surface area contributed by atoms with Crippen LogP contribution in [0.3, 0.4) is 0 Å². The van der Waals surface area contributed by atoms with Crippen molar-refractivity contribution in [2.45, 2.75) is 0 Å². The number of fused-ring (bicyclic) bond motifs is 1. The van der Waals surface area contributed by atoms with Crippen LogP contribution in [0.2, 0.25) is 0 Å². The molecule has 6 nitrogen and oxygen atoms in total. The quantitative estimate of drug-likeness (QED) is 0.458. The van der Waals surface area contributed by atoms with Gasteiger partial charge in [-0.3, -0.25) is 4.79 Å². The van der Waals surface area contributed by atoms with E-state index >= 15 is 0 Å². The van der Waals surface area contributed by atoms with Crippen molar-refractivity contribution in [3.8, 4) is 0 Å². The highest BCUT2D eigenvalue weighted by Crippen LogP contribution is 2.26. The third-order valence-corrected chi connectivity index (χ3v) is 3.97. The molecule has 0 saturated carbocycles. The zero-order valence-corrected chi connectivity index (χ0v) is 12.2. The second-order valence-corrected chi connectivity index (χ2v) is 5.26. The van der Waals surface area contributed by atoms with Crippen LogP contribution in [0.5, 0.6) is 0 Å². The predicted octanol–water partition coefficient (Wildman–Crippen LogP) is 3.19. The third kappa shape index (κ3) is 2.25. The lowest BCUT2D eigenvalue weighted by atomic mass is 10.1. The summed E-state index contributed by atoms with van der Waals surface area (Å²) in [6.45, 7) is 7.05. The Bertz CT molecular complexity index is 933. The van der Waals surface area contributed by atoms with Crippen molar-refractivity contribution in [2.75, 3.05) is 7.11 Å². The summed E-state index contributed by atoms with van der Waals surface area (Å²) in [6, 6.07) is 5.08. The van der Waals surface area contributed by atoms with Crippen molar-refractivity contribution in [2.24, 2.45) is 0 Å². The van der Waals surface area contributed by atoms with Gasteiger partial charge in [-0.05, 0) is 12.1 Å². The van der Waals surface area contributed by atoms with Gasteiger partial charge < -0.3 is 9.72 Å². The molecule has 3 rings (SSSR count). The Balaban J connectivity index is 2.04. The number of nitrogens with zero attached hydrogens (tertiary/aromatic N) is 2. The third-order valence-electron chi connectivity index (χ3n) is 3.13. The number of aromatic amines is 1. The summed E-state index contributed by atoms with van der Waals surface area (Å²) >= 11 is 1.08. The van der Waals surface area contributed by atoms with Gasteiger partial charge in [0.25, 0.3) is 0 Å². The molecule has 0 aliphatic carbocycles. The highest BCUT2D eigenvalue weighted by atomic mass is 32.1. The Labute approximate surface area is 129 Å². The number of hydrogen-bond acceptors (Lipinski definition) is 5. The minimum atomic E-state index is -0.579. The van der Waals surface area contributed by atoms with E-state index in [4.69, 9.17) is 6.57 Å². The van der Waals surface area contributed by atoms with E-state index in [1.54, 1.807) is 24.4 Å². The molecule has 1 N–H and O–H groups in total. The molecule has 0 atom stereocenters. The van der Waals surface area contributed by atoms with E-state index in [1.165, 1.54) is 12.5 Å². The molecule has 0 saturated heterocycles. The number of ketones is 1. The van der Waals surface area contributed by atoms with Crippen LogP contribution in [-0.2, 0) is 4.74 Å². The smallest absolute Gasteiger partial charge is 0.357 e. The lowest BCUT2D eigenvalue weighted by molar-refractivity contribution is 0.0595. The number of carbonyl (C=O) groups is 2. The van der Waals surface area contributed by atoms with E-state index in [2.05, 4.69) is 19.5 Å². The monoisotopic (exact) mass is 311 g/mol. The van der Waals surface area contributed by atoms with Crippen molar-refractivity contribution in [1.29, 1.82) is 0 Å². The van der Waals surface area contributed by atoms with E-state index in [9.17, 15) is 9.59 Å². The standard InChI is InChI=1S/C15H9N3O3S/c1-16-8-3-4-11-9(5-8)10(6-17-11)13(19)14-18-12(7-22-14)15(20)21-2/h3-7,17H,2H3. The fourth-order valence-electron chi connectivity index (χ4n) is 2.06. The molecule has 0 fully saturated rings. The number of benzene rings is 1. The number of esters is 1. The van der Waals surface area contributed by atoms with Crippen LogP contribution in [0.4, 0.5) is 5.69 Å². The van der Waals surface area contributed by atoms with E-state index in [1.807, 2.05) is 0 Å². The number of rotatable bonds is 3. The number of nitrogens with one attached hydrogen (secondary N) is 1. The summed E-state index contributed by atoms with van der Waals surface area (Å²) in [4.78, 5) is 34.3. The molecule has 0 bridgehead atoms. The first-order chi connectivity index (χ1) is 10.6. The Morgan fingerprint density at radius 2 is 2.23 bits per heavy atom. The molecule has 0 spiro atoms. The number of carbonyl (C=O) groups excluding carboxylic acids is 2. The molecule has 2 heterocycles. The summed E-state index contributed by atoms with van der Waals surface area (Å²) in [5.41, 5.74) is 1.75. The van der Waals surface area contributed by atoms with Gasteiger partial charge in [-0.2, -0.15) is 0 Å². The molecule has 0 aliphatic heterocycles. The normalized spacial score (nSPS) is 10.4. The molecule has 7 heteroatoms. The highest BCUT2D eigenvalue weighted by molar-refractivity contribution is 7.12. The lowest BCUT2D eigenvalue weighted by Gasteiger charge is -1.96. The van der Waals surface area contributed by atoms with Gasteiger partial charge in [0.15, 0.2) is 16.4 Å². The van der Waals surface area contributed by atoms with Crippen molar-refractivity contribution < 1.29 is 14.3 Å². The van der Waals surface area contributed by atoms with Crippen LogP contribution in [0.25, 0.3) is 15.7 Å². The largest absolute Gasteiger partial charge is 0.464 e. The van der Waals surface area contributed by atoms with Gasteiger partial charge in [0.2, 0.25) is 5.78 Å². The predicted molar refractivity (Wildman–Crippen MR) is 81.4 cm³/mol. The molecule has 108 valence electrons. The van der Waals surface area contributed by atoms with Crippen LogP contribution in [0.1, 0.15) is 25.9 Å². The number of thiazole rings is 1. The molecule has 3 aromatic rings. The van der Waals surface area contributed by atoms with E-state index in [0.29, 0.717) is 16.6 Å². The van der Waals surface area contributed by atoms with Crippen LogP contribution >= 0.6 is 11.3 Å². The van der Waals surface area contributed by atoms with Crippen LogP contribution in [0.15, 0.2) is 29.8 Å². The van der Waals surface area contributed by atoms with Crippen LogP contribution in [-0.4, -0.2) is 28.8 Å². The summed E-state index contributed by atoms with van der Waals surface area (Å²) < 4.78 is 4.58. The Morgan fingerprint density at radius 3 is 2.95 bits per heavy atom. The minimum absolute atomic E-state index is 0.109. The first-order valence-corrected chi connectivity index (χ1v) is 7.09. The lowest BCUT2D eigenvalue weighted by Crippen LogP contribution is -2.04. The Hall–Kier alpha value is -2.98. The maximum atomic E-state index is 12.5. The zero-order chi connectivity index (χ0) is 15.7. The number of H-pyrrole nitrogens is 1. The molecule has 0 unspecified atom stereocenters. The topological polar surface area (TPSA) is 76.4 Å². The molecule has 22 heavy (non-hydrogen) atoms. The summed E-state index contributed by atoms with van der Waals surface area (Å²) in [6.07, 6.45) is 1.58. The maximum absolute atomic E-state index is 12.5. The van der Waals surface area contributed by atoms with Crippen LogP contribution in [0, 0.1) is 6.57 Å². The fourth-order valence-corrected chi connectivity index (χ4v) is 2.80. The average molecular weight is 311 g/mol. The highest BCUT2D eigenvalue weighted by Gasteiger charge is 2.20. The van der Waals surface area contributed by atoms with Gasteiger partial charge >= 0.3 is 5.97 Å². The minimum Gasteiger partial charge on any atom is -0.464 e. The Morgan fingerprint density at radius 1 is 1.41 bits per heavy atom. The number of ether oxygens (including phenoxy) is 1. The van der Waals surface area contributed by atoms with Crippen LogP contribution < -0.4 is 0 Å². The second kappa shape index (κ2) is 5.42. The number of hydrogen-bond donors (Lipinski definition) is 1. The average Bonchev–Trinajstić information content (AvgIpc) is 3.19. The second-order valence-electron chi connectivity index (χ2n) is 4.40. The van der Waals surface area contributed by atoms with Crippen molar-refractivity contribution in [3.63, 3.8) is 0 Å². The van der Waals surface area contributed by atoms with Crippen molar-refractivity contribution in [1.82, 2.24) is 9.97 Å². The molecule has 2 aromatic heterocycles. The first kappa shape index (κ1) is 14.0. The molecular formula is C15H9N3O3S. The van der Waals surface area contributed by atoms with Crippen molar-refractivity contribution >= 4 is 39.7 Å². The van der Waals surface area contributed by atoms with Gasteiger partial charge in [-0.15, -0.1) is 11.3 Å². The molecule has 1 aromatic carbocycles. The van der Waals surface area contributed by atoms with E-state index in [-0.39, 0.29) is 16.5 Å². The van der Waals surface area contributed by atoms with Gasteiger partial charge in [-0.1, -0.05) is 6.07 Å². The summed E-state index contributed by atoms with van der Waals surface area (Å²) in [5, 5.41) is 2.35. The Kier molecular flexibility index (Phi) is 3.45. The van der Waals surface area contributed by atoms with Gasteiger partial charge in [0.05, 0.1) is 13.7 Å². The number of aromatic nitrogens is 2. The number of methoxy groups -OCH3 is 1. The SMILES string of the molecule is [C-]#[N+]c1ccc2[nH]cc(C(=O)c3nc(C(=O)OC)cs3)c2c1. The van der Waals surface area contributed by atoms with Gasteiger partial charge in [-0.25, -0.2) is 14.6 Å². The van der Waals surface area contributed by atoms with Gasteiger partial charge in [0.1, 0.15) is 0 Å². The fraction of sp³-hybridized carbons (Fsp3) is 0.0667. The molecule has 0 radical (unpaired) electrons. The van der Waals surface area contributed by atoms with Crippen molar-refractivity contribution in [3.05, 3.63) is 57.5 Å². The molecule has 0 aliphatic rings.